The second-order valence-electron chi connectivity index (χ2n) is 10.9. The predicted octanol–water partition coefficient (Wildman–Crippen LogP) is 3.97. The van der Waals surface area contributed by atoms with E-state index in [0.29, 0.717) is 58.3 Å². The van der Waals surface area contributed by atoms with Crippen molar-refractivity contribution in [3.8, 4) is 22.5 Å². The Labute approximate surface area is 268 Å². The number of halogens is 2. The lowest BCUT2D eigenvalue weighted by Crippen LogP contribution is -2.28. The Hall–Kier alpha value is -4.69. The topological polar surface area (TPSA) is 174 Å². The third-order valence-corrected chi connectivity index (χ3v) is 8.11. The Balaban J connectivity index is 1.41. The van der Waals surface area contributed by atoms with E-state index >= 15 is 0 Å². The Morgan fingerprint density at radius 2 is 2.00 bits per heavy atom. The molecule has 5 heterocycles. The minimum absolute atomic E-state index is 0.0197. The van der Waals surface area contributed by atoms with Crippen molar-refractivity contribution in [1.82, 2.24) is 35.2 Å². The largest absolute Gasteiger partial charge is 0.388 e. The Morgan fingerprint density at radius 3 is 2.76 bits per heavy atom. The van der Waals surface area contributed by atoms with Crippen LogP contribution in [0.1, 0.15) is 44.1 Å². The van der Waals surface area contributed by atoms with E-state index in [1.165, 1.54) is 23.6 Å². The van der Waals surface area contributed by atoms with Crippen molar-refractivity contribution in [2.45, 2.75) is 38.4 Å². The fourth-order valence-corrected chi connectivity index (χ4v) is 5.74. The highest BCUT2D eigenvalue weighted by Crippen LogP contribution is 2.34. The molecule has 4 aromatic rings. The number of nitrogens with zero attached hydrogens (tertiary/aromatic N) is 6. The third-order valence-electron chi connectivity index (χ3n) is 7.77. The van der Waals surface area contributed by atoms with Gasteiger partial charge in [0, 0.05) is 40.5 Å². The molecular weight excluding hydrogens is 617 g/mol. The first-order chi connectivity index (χ1) is 21.7. The highest BCUT2D eigenvalue weighted by Gasteiger charge is 2.25. The molecule has 1 amide bonds. The van der Waals surface area contributed by atoms with Crippen molar-refractivity contribution in [2.75, 3.05) is 10.3 Å². The van der Waals surface area contributed by atoms with Gasteiger partial charge in [0.1, 0.15) is 17.0 Å². The Kier molecular flexibility index (Phi) is 8.59. The lowest BCUT2D eigenvalue weighted by atomic mass is 9.97. The zero-order valence-electron chi connectivity index (χ0n) is 24.2. The number of aromatic nitrogens is 5. The normalized spacial score (nSPS) is 20.0. The van der Waals surface area contributed by atoms with Gasteiger partial charge >= 0.3 is 0 Å². The molecular formula is C30H31Cl2N11O2. The lowest BCUT2D eigenvalue weighted by molar-refractivity contribution is -0.119. The van der Waals surface area contributed by atoms with Gasteiger partial charge in [0.15, 0.2) is 0 Å². The summed E-state index contributed by atoms with van der Waals surface area (Å²) < 4.78 is 3.30. The molecule has 0 saturated heterocycles. The minimum atomic E-state index is -0.452. The molecule has 0 spiro atoms. The molecule has 2 aliphatic heterocycles. The quantitative estimate of drug-likeness (QED) is 0.121. The number of hydrogen-bond acceptors (Lipinski definition) is 10. The van der Waals surface area contributed by atoms with Gasteiger partial charge in [0.2, 0.25) is 5.91 Å². The van der Waals surface area contributed by atoms with Crippen molar-refractivity contribution in [3.63, 3.8) is 0 Å². The number of benzene rings is 1. The fourth-order valence-electron chi connectivity index (χ4n) is 5.46. The van der Waals surface area contributed by atoms with Gasteiger partial charge in [-0.1, -0.05) is 36.5 Å². The maximum absolute atomic E-state index is 13.8. The summed E-state index contributed by atoms with van der Waals surface area (Å²) in [5.41, 5.74) is 15.3. The van der Waals surface area contributed by atoms with Gasteiger partial charge in [-0.15, -0.1) is 0 Å². The van der Waals surface area contributed by atoms with Gasteiger partial charge < -0.3 is 16.5 Å². The standard InChI is InChI=1S/C30H31Cl2N11O2/c1-17-3-2-4-25(41-16-36-21(13-28(41)44)20-12-19(31)5-6-24(20)42(34)15-26(32)33)22-11-18(7-9-35-22)29-23(38-30(17)45)14-43(40-29)27-8-10-37-39-27/h5-17,25,27,37,39H,2-4,33-34H2,1H3,(H,38,45)/b26-15-. The summed E-state index contributed by atoms with van der Waals surface area (Å²) in [5, 5.41) is 9.52. The van der Waals surface area contributed by atoms with Crippen LogP contribution in [0, 0.1) is 5.92 Å². The smallest absolute Gasteiger partial charge is 0.254 e. The van der Waals surface area contributed by atoms with E-state index in [4.69, 9.17) is 39.9 Å². The van der Waals surface area contributed by atoms with E-state index in [1.807, 2.05) is 25.1 Å². The number of pyridine rings is 1. The van der Waals surface area contributed by atoms with E-state index in [-0.39, 0.29) is 28.7 Å². The van der Waals surface area contributed by atoms with Crippen LogP contribution in [0.4, 0.5) is 11.4 Å². The third kappa shape index (κ3) is 6.42. The SMILES string of the molecule is CC1CCCC(n2cnc(-c3cc(Cl)ccc3N(N)/C=C(\N)Cl)cc2=O)c2cc(ccn2)-c2nn(C3C=CNN3)cc2NC1=O. The first-order valence-electron chi connectivity index (χ1n) is 14.3. The molecule has 7 N–H and O–H groups in total. The second-order valence-corrected chi connectivity index (χ2v) is 11.7. The van der Waals surface area contributed by atoms with E-state index < -0.39 is 6.04 Å². The molecule has 15 heteroatoms. The molecule has 0 fully saturated rings. The monoisotopic (exact) mass is 647 g/mol. The number of fused-ring (bicyclic) bond motifs is 4. The van der Waals surface area contributed by atoms with Crippen LogP contribution in [-0.4, -0.2) is 30.2 Å². The Morgan fingerprint density at radius 1 is 1.16 bits per heavy atom. The minimum Gasteiger partial charge on any atom is -0.388 e. The van der Waals surface area contributed by atoms with Crippen LogP contribution < -0.4 is 38.3 Å². The fraction of sp³-hybridized carbons (Fsp3) is 0.233. The highest BCUT2D eigenvalue weighted by molar-refractivity contribution is 6.31. The second kappa shape index (κ2) is 12.7. The number of carbonyl (C=O) groups excluding carboxylic acids is 1. The van der Waals surface area contributed by atoms with Crippen molar-refractivity contribution >= 4 is 40.5 Å². The van der Waals surface area contributed by atoms with Gasteiger partial charge in [0.25, 0.3) is 5.56 Å². The number of carbonyl (C=O) groups is 1. The van der Waals surface area contributed by atoms with Crippen molar-refractivity contribution < 1.29 is 4.79 Å². The van der Waals surface area contributed by atoms with Gasteiger partial charge in [-0.25, -0.2) is 20.9 Å². The number of nitrogens with two attached hydrogens (primary N) is 2. The van der Waals surface area contributed by atoms with Crippen LogP contribution in [0.25, 0.3) is 22.5 Å². The summed E-state index contributed by atoms with van der Waals surface area (Å²) in [4.78, 5) is 36.2. The summed E-state index contributed by atoms with van der Waals surface area (Å²) in [7, 11) is 0. The van der Waals surface area contributed by atoms with E-state index in [2.05, 4.69) is 26.1 Å². The summed E-state index contributed by atoms with van der Waals surface area (Å²) in [6.07, 6.45) is 11.6. The van der Waals surface area contributed by atoms with Gasteiger partial charge in [-0.2, -0.15) is 5.10 Å². The average molecular weight is 649 g/mol. The average Bonchev–Trinajstić information content (AvgIpc) is 3.69. The molecule has 13 nitrogen and oxygen atoms in total. The molecule has 0 radical (unpaired) electrons. The number of hydrazine groups is 2. The molecule has 2 bridgehead atoms. The van der Waals surface area contributed by atoms with E-state index in [0.717, 1.165) is 5.56 Å². The molecule has 1 aromatic carbocycles. The number of nitrogens with one attached hydrogen (secondary N) is 3. The molecule has 3 atom stereocenters. The molecule has 0 aliphatic carbocycles. The number of hydrogen-bond donors (Lipinski definition) is 5. The Bertz CT molecular complexity index is 1860. The molecule has 3 aromatic heterocycles. The number of anilines is 2. The number of amides is 1. The van der Waals surface area contributed by atoms with Crippen molar-refractivity contribution in [1.29, 1.82) is 0 Å². The molecule has 45 heavy (non-hydrogen) atoms. The first kappa shape index (κ1) is 30.3. The van der Waals surface area contributed by atoms with Crippen LogP contribution in [0.2, 0.25) is 5.02 Å². The molecule has 6 rings (SSSR count). The molecule has 3 unspecified atom stereocenters. The maximum Gasteiger partial charge on any atom is 0.254 e. The van der Waals surface area contributed by atoms with Crippen molar-refractivity contribution in [3.05, 3.63) is 99.8 Å². The number of rotatable bonds is 5. The van der Waals surface area contributed by atoms with Crippen molar-refractivity contribution in [2.24, 2.45) is 17.5 Å². The zero-order valence-corrected chi connectivity index (χ0v) is 25.7. The summed E-state index contributed by atoms with van der Waals surface area (Å²) in [6.45, 7) is 1.89. The van der Waals surface area contributed by atoms with Gasteiger partial charge in [0.05, 0.1) is 47.5 Å². The summed E-state index contributed by atoms with van der Waals surface area (Å²) >= 11 is 12.1. The van der Waals surface area contributed by atoms with Gasteiger partial charge in [-0.3, -0.25) is 24.1 Å². The molecule has 232 valence electrons. The molecule has 2 aliphatic rings. The summed E-state index contributed by atoms with van der Waals surface area (Å²) in [6, 6.07) is 9.73. The molecule has 0 saturated carbocycles. The predicted molar refractivity (Wildman–Crippen MR) is 173 cm³/mol. The van der Waals surface area contributed by atoms with Crippen LogP contribution in [-0.2, 0) is 4.79 Å². The van der Waals surface area contributed by atoms with Crippen LogP contribution >= 0.6 is 23.2 Å². The van der Waals surface area contributed by atoms with Crippen LogP contribution in [0.5, 0.6) is 0 Å². The maximum atomic E-state index is 13.8. The zero-order chi connectivity index (χ0) is 31.7. The van der Waals surface area contributed by atoms with E-state index in [9.17, 15) is 9.59 Å². The van der Waals surface area contributed by atoms with E-state index in [1.54, 1.807) is 46.0 Å². The van der Waals surface area contributed by atoms with Crippen LogP contribution in [0.15, 0.2) is 83.5 Å². The summed E-state index contributed by atoms with van der Waals surface area (Å²) in [5.74, 6) is 5.79. The lowest BCUT2D eigenvalue weighted by Gasteiger charge is -2.22. The first-order valence-corrected chi connectivity index (χ1v) is 15.0. The highest BCUT2D eigenvalue weighted by atomic mass is 35.5. The van der Waals surface area contributed by atoms with Gasteiger partial charge in [-0.05, 0) is 49.2 Å². The van der Waals surface area contributed by atoms with Crippen LogP contribution in [0.3, 0.4) is 0 Å².